The lowest BCUT2D eigenvalue weighted by Gasteiger charge is -2.31. The van der Waals surface area contributed by atoms with E-state index in [1.807, 2.05) is 0 Å². The quantitative estimate of drug-likeness (QED) is 0.134. The number of hydrogen-bond donors (Lipinski definition) is 0. The molecular weight excluding hydrogens is 993 g/mol. The van der Waals surface area contributed by atoms with E-state index in [-0.39, 0.29) is 0 Å². The van der Waals surface area contributed by atoms with Crippen LogP contribution in [0.3, 0.4) is 0 Å². The molecule has 14 aromatic carbocycles. The van der Waals surface area contributed by atoms with Crippen LogP contribution in [0, 0.1) is 13.8 Å². The van der Waals surface area contributed by atoms with Crippen molar-refractivity contribution in [3.05, 3.63) is 302 Å². The average Bonchev–Trinajstić information content (AvgIpc) is 4.20. The maximum atomic E-state index is 2.54. The molecule has 0 saturated heterocycles. The highest BCUT2D eigenvalue weighted by molar-refractivity contribution is 6.24. The molecule has 16 aromatic rings. The number of benzene rings is 14. The third kappa shape index (κ3) is 7.53. The van der Waals surface area contributed by atoms with Crippen molar-refractivity contribution in [2.75, 3.05) is 9.80 Å². The summed E-state index contributed by atoms with van der Waals surface area (Å²) in [6.07, 6.45) is 0. The van der Waals surface area contributed by atoms with E-state index in [4.69, 9.17) is 0 Å². The number of aromatic nitrogens is 2. The lowest BCUT2D eigenvalue weighted by atomic mass is 9.89. The van der Waals surface area contributed by atoms with Gasteiger partial charge in [0.1, 0.15) is 0 Å². The van der Waals surface area contributed by atoms with Gasteiger partial charge in [-0.15, -0.1) is 0 Å². The summed E-state index contributed by atoms with van der Waals surface area (Å²) >= 11 is 0. The number of rotatable bonds is 9. The van der Waals surface area contributed by atoms with E-state index in [1.165, 1.54) is 103 Å². The van der Waals surface area contributed by atoms with E-state index < -0.39 is 0 Å². The van der Waals surface area contributed by atoms with Crippen molar-refractivity contribution in [1.29, 1.82) is 0 Å². The fourth-order valence-corrected chi connectivity index (χ4v) is 13.2. The second kappa shape index (κ2) is 19.0. The predicted octanol–water partition coefficient (Wildman–Crippen LogP) is 21.7. The third-order valence-electron chi connectivity index (χ3n) is 17.0. The first kappa shape index (κ1) is 47.3. The summed E-state index contributed by atoms with van der Waals surface area (Å²) in [7, 11) is 0. The van der Waals surface area contributed by atoms with Crippen molar-refractivity contribution in [3.63, 3.8) is 0 Å². The third-order valence-corrected chi connectivity index (χ3v) is 17.0. The van der Waals surface area contributed by atoms with Gasteiger partial charge in [-0.25, -0.2) is 0 Å². The van der Waals surface area contributed by atoms with Gasteiger partial charge >= 0.3 is 0 Å². The maximum absolute atomic E-state index is 2.54. The molecule has 2 aromatic heterocycles. The molecule has 2 heterocycles. The van der Waals surface area contributed by atoms with Gasteiger partial charge < -0.3 is 18.9 Å². The highest BCUT2D eigenvalue weighted by Crippen LogP contribution is 2.51. The summed E-state index contributed by atoms with van der Waals surface area (Å²) in [4.78, 5) is 4.98. The SMILES string of the molecule is Cc1ccc(-n2c3ccccc3c3cc(N(c4ccc(-c5c6ccccc6c(N(c6ccc7c(c6)c6ccccc6n7-c6ccc(C)cc6)c6cccc7ccccc67)c6ccccc56)cc4)c4cccc5ccccc45)ccc32)cc1. The first-order chi connectivity index (χ1) is 40.5. The molecule has 4 heteroatoms. The summed E-state index contributed by atoms with van der Waals surface area (Å²) in [6, 6.07) is 108. The Morgan fingerprint density at radius 2 is 0.622 bits per heavy atom. The zero-order chi connectivity index (χ0) is 54.4. The Morgan fingerprint density at radius 1 is 0.256 bits per heavy atom. The Morgan fingerprint density at radius 3 is 1.11 bits per heavy atom. The molecule has 0 fully saturated rings. The predicted molar refractivity (Wildman–Crippen MR) is 349 cm³/mol. The molecule has 0 bridgehead atoms. The Kier molecular flexibility index (Phi) is 11.0. The molecule has 0 aliphatic heterocycles. The smallest absolute Gasteiger partial charge is 0.0619 e. The Hall–Kier alpha value is -10.7. The van der Waals surface area contributed by atoms with Crippen LogP contribution in [0.5, 0.6) is 0 Å². The van der Waals surface area contributed by atoms with E-state index in [1.54, 1.807) is 0 Å². The van der Waals surface area contributed by atoms with Gasteiger partial charge in [0.05, 0.1) is 39.1 Å². The molecule has 4 nitrogen and oxygen atoms in total. The van der Waals surface area contributed by atoms with Gasteiger partial charge in [-0.3, -0.25) is 0 Å². The minimum Gasteiger partial charge on any atom is -0.310 e. The summed E-state index contributed by atoms with van der Waals surface area (Å²) in [5.41, 5.74) is 18.5. The molecule has 0 unspecified atom stereocenters. The van der Waals surface area contributed by atoms with Gasteiger partial charge in [-0.05, 0) is 144 Å². The fraction of sp³-hybridized carbons (Fsp3) is 0.0256. The van der Waals surface area contributed by atoms with E-state index in [0.717, 1.165) is 51.1 Å². The monoisotopic (exact) mass is 1050 g/mol. The van der Waals surface area contributed by atoms with Gasteiger partial charge in [0.2, 0.25) is 0 Å². The van der Waals surface area contributed by atoms with E-state index in [0.29, 0.717) is 0 Å². The second-order valence-electron chi connectivity index (χ2n) is 21.8. The van der Waals surface area contributed by atoms with Crippen molar-refractivity contribution >= 4 is 121 Å². The molecule has 0 spiro atoms. The van der Waals surface area contributed by atoms with Gasteiger partial charge in [0.15, 0.2) is 0 Å². The number of anilines is 6. The number of para-hydroxylation sites is 2. The molecule has 82 heavy (non-hydrogen) atoms. The average molecular weight is 1050 g/mol. The number of fused-ring (bicyclic) bond motifs is 10. The normalized spacial score (nSPS) is 11.8. The van der Waals surface area contributed by atoms with Crippen LogP contribution >= 0.6 is 0 Å². The minimum atomic E-state index is 1.08. The molecule has 0 N–H and O–H groups in total. The minimum absolute atomic E-state index is 1.08. The van der Waals surface area contributed by atoms with Crippen LogP contribution in [-0.2, 0) is 0 Å². The van der Waals surface area contributed by atoms with Crippen LogP contribution in [-0.4, -0.2) is 9.13 Å². The van der Waals surface area contributed by atoms with Gasteiger partial charge in [0, 0.05) is 71.5 Å². The highest BCUT2D eigenvalue weighted by Gasteiger charge is 2.26. The Labute approximate surface area is 475 Å². The van der Waals surface area contributed by atoms with Crippen LogP contribution in [0.25, 0.3) is 109 Å². The Balaban J connectivity index is 0.893. The molecule has 0 atom stereocenters. The molecule has 0 saturated carbocycles. The van der Waals surface area contributed by atoms with Crippen molar-refractivity contribution in [3.8, 4) is 22.5 Å². The van der Waals surface area contributed by atoms with Crippen LogP contribution < -0.4 is 9.80 Å². The lowest BCUT2D eigenvalue weighted by Crippen LogP contribution is -2.12. The van der Waals surface area contributed by atoms with Crippen molar-refractivity contribution in [2.45, 2.75) is 13.8 Å². The van der Waals surface area contributed by atoms with E-state index >= 15 is 0 Å². The summed E-state index contributed by atoms with van der Waals surface area (Å²) < 4.78 is 4.81. The zero-order valence-corrected chi connectivity index (χ0v) is 45.5. The second-order valence-corrected chi connectivity index (χ2v) is 21.8. The molecule has 0 amide bonds. The largest absolute Gasteiger partial charge is 0.310 e. The maximum Gasteiger partial charge on any atom is 0.0619 e. The first-order valence-electron chi connectivity index (χ1n) is 28.3. The highest BCUT2D eigenvalue weighted by atomic mass is 15.2. The van der Waals surface area contributed by atoms with E-state index in [9.17, 15) is 0 Å². The van der Waals surface area contributed by atoms with Crippen LogP contribution in [0.4, 0.5) is 34.1 Å². The standard InChI is InChI=1S/C78H54N4/c1-51-33-39-57(40-34-51)80-73-29-13-11-23-63(73)69-49-59(45-47-75(69)80)79(71-31-15-19-53-17-3-5-21-61(53)71)56-43-37-55(38-44-56)77-65-25-7-9-27-67(65)78(68-28-10-8-26-66(68)77)82(72-32-16-20-54-18-4-6-22-62(54)72)60-46-48-76-70(50-60)64-24-12-14-30-74(64)81(76)58-41-35-52(2)36-42-58/h3-50H,1-2H3. The van der Waals surface area contributed by atoms with Crippen molar-refractivity contribution in [2.24, 2.45) is 0 Å². The fourth-order valence-electron chi connectivity index (χ4n) is 13.2. The number of aryl methyl sites for hydroxylation is 2. The van der Waals surface area contributed by atoms with Gasteiger partial charge in [0.25, 0.3) is 0 Å². The van der Waals surface area contributed by atoms with Crippen LogP contribution in [0.1, 0.15) is 11.1 Å². The summed E-state index contributed by atoms with van der Waals surface area (Å²) in [6.45, 7) is 4.30. The molecule has 0 aliphatic rings. The van der Waals surface area contributed by atoms with Crippen molar-refractivity contribution < 1.29 is 0 Å². The van der Waals surface area contributed by atoms with Crippen LogP contribution in [0.15, 0.2) is 291 Å². The molecule has 386 valence electrons. The van der Waals surface area contributed by atoms with Crippen molar-refractivity contribution in [1.82, 2.24) is 9.13 Å². The van der Waals surface area contributed by atoms with E-state index in [2.05, 4.69) is 324 Å². The Bertz CT molecular complexity index is 5110. The zero-order valence-electron chi connectivity index (χ0n) is 45.5. The lowest BCUT2D eigenvalue weighted by molar-refractivity contribution is 1.17. The van der Waals surface area contributed by atoms with Gasteiger partial charge in [-0.1, -0.05) is 205 Å². The molecule has 0 radical (unpaired) electrons. The first-order valence-corrected chi connectivity index (χ1v) is 28.3. The summed E-state index contributed by atoms with van der Waals surface area (Å²) in [5.74, 6) is 0. The topological polar surface area (TPSA) is 16.3 Å². The molecule has 16 rings (SSSR count). The summed E-state index contributed by atoms with van der Waals surface area (Å²) in [5, 5.41) is 14.3. The molecular formula is C78H54N4. The van der Waals surface area contributed by atoms with Gasteiger partial charge in [-0.2, -0.15) is 0 Å². The number of nitrogens with zero attached hydrogens (tertiary/aromatic N) is 4. The molecule has 0 aliphatic carbocycles. The number of hydrogen-bond acceptors (Lipinski definition) is 2. The van der Waals surface area contributed by atoms with Crippen LogP contribution in [0.2, 0.25) is 0 Å².